The zero-order valence-electron chi connectivity index (χ0n) is 26.5. The van der Waals surface area contributed by atoms with Gasteiger partial charge in [0.2, 0.25) is 5.58 Å². The van der Waals surface area contributed by atoms with E-state index in [1.54, 1.807) is 11.8 Å². The average Bonchev–Trinajstić information content (AvgIpc) is 3.86. The smallest absolute Gasteiger partial charge is 0.376 e. The van der Waals surface area contributed by atoms with Crippen molar-refractivity contribution in [1.82, 2.24) is 9.13 Å². The molecule has 0 fully saturated rings. The Morgan fingerprint density at radius 1 is 0.833 bits per heavy atom. The lowest BCUT2D eigenvalue weighted by molar-refractivity contribution is -0.677. The van der Waals surface area contributed by atoms with Crippen LogP contribution in [-0.4, -0.2) is 34.4 Å². The van der Waals surface area contributed by atoms with Crippen LogP contribution in [0, 0.1) is 0 Å². The van der Waals surface area contributed by atoms with Gasteiger partial charge in [0.15, 0.2) is 6.54 Å². The molecule has 48 heavy (non-hydrogen) atoms. The number of aryl methyl sites for hydroxylation is 1. The first-order valence-electron chi connectivity index (χ1n) is 16.2. The predicted octanol–water partition coefficient (Wildman–Crippen LogP) is 8.25. The summed E-state index contributed by atoms with van der Waals surface area (Å²) in [5.41, 5.74) is 6.99. The second-order valence-corrected chi connectivity index (χ2v) is 14.7. The molecule has 8 nitrogen and oxygen atoms in total. The minimum Gasteiger partial charge on any atom is -0.748 e. The van der Waals surface area contributed by atoms with Crippen molar-refractivity contribution in [2.24, 2.45) is 0 Å². The number of hydrogen-bond acceptors (Lipinski definition) is 6. The van der Waals surface area contributed by atoms with Crippen LogP contribution in [0.3, 0.4) is 0 Å². The highest BCUT2D eigenvalue weighted by molar-refractivity contribution is 8.03. The fraction of sp³-hybridized carbons (Fsp3) is 0.184. The second-order valence-electron chi connectivity index (χ2n) is 12.1. The molecule has 242 valence electrons. The number of fused-ring (bicyclic) bond motifs is 4. The molecule has 8 rings (SSSR count). The summed E-state index contributed by atoms with van der Waals surface area (Å²) in [5.74, 6) is 0.167. The highest BCUT2D eigenvalue weighted by Gasteiger charge is 2.29. The molecule has 4 heterocycles. The van der Waals surface area contributed by atoms with Gasteiger partial charge in [0.1, 0.15) is 0 Å². The zero-order valence-corrected chi connectivity index (χ0v) is 28.1. The molecular weight excluding hydrogens is 641 g/mol. The molecule has 1 aliphatic rings. The standard InChI is InChI=1S/C38H34N4O4S2/c1-2-3-19-42-34-25-30(40-22-18-28-10-5-7-12-32(28)40)14-16-36(34)47-38(42)26-37-41(20-8-23-48(43,44)45)33-24-29(13-15-35(33)46-37)39-21-17-27-9-4-6-11-31(27)39/h4-7,9-18,21-22,24-26H,2-3,8,19-20,23H2,1H3. The summed E-state index contributed by atoms with van der Waals surface area (Å²) in [6.45, 7) is 3.36. The number of aromatic nitrogens is 3. The molecule has 0 spiro atoms. The number of thioether (sulfide) groups is 1. The van der Waals surface area contributed by atoms with Gasteiger partial charge >= 0.3 is 5.89 Å². The molecule has 10 heteroatoms. The summed E-state index contributed by atoms with van der Waals surface area (Å²) >= 11 is 1.70. The third kappa shape index (κ3) is 5.70. The summed E-state index contributed by atoms with van der Waals surface area (Å²) in [6.07, 6.45) is 8.47. The van der Waals surface area contributed by atoms with Gasteiger partial charge in [-0.3, -0.25) is 0 Å². The first-order valence-corrected chi connectivity index (χ1v) is 18.6. The first kappa shape index (κ1) is 30.6. The molecule has 4 aromatic carbocycles. The Balaban J connectivity index is 1.21. The van der Waals surface area contributed by atoms with Crippen LogP contribution in [-0.2, 0) is 16.7 Å². The molecule has 0 amide bonds. The van der Waals surface area contributed by atoms with Gasteiger partial charge in [-0.25, -0.2) is 8.42 Å². The van der Waals surface area contributed by atoms with E-state index in [2.05, 4.69) is 106 Å². The van der Waals surface area contributed by atoms with Crippen molar-refractivity contribution in [3.63, 3.8) is 0 Å². The third-order valence-corrected chi connectivity index (χ3v) is 10.8. The van der Waals surface area contributed by atoms with E-state index in [4.69, 9.17) is 4.42 Å². The zero-order chi connectivity index (χ0) is 32.8. The lowest BCUT2D eigenvalue weighted by atomic mass is 10.2. The Labute approximate surface area is 283 Å². The molecule has 0 unspecified atom stereocenters. The van der Waals surface area contributed by atoms with Crippen molar-refractivity contribution in [3.8, 4) is 11.4 Å². The largest absolute Gasteiger partial charge is 0.748 e. The van der Waals surface area contributed by atoms with Crippen LogP contribution < -0.4 is 9.47 Å². The Hall–Kier alpha value is -4.77. The number of anilines is 1. The Kier molecular flexibility index (Phi) is 7.86. The Bertz CT molecular complexity index is 2460. The van der Waals surface area contributed by atoms with Gasteiger partial charge in [-0.05, 0) is 71.8 Å². The van der Waals surface area contributed by atoms with Crippen molar-refractivity contribution >= 4 is 66.5 Å². The predicted molar refractivity (Wildman–Crippen MR) is 192 cm³/mol. The van der Waals surface area contributed by atoms with Crippen molar-refractivity contribution < 1.29 is 22.0 Å². The van der Waals surface area contributed by atoms with Crippen LogP contribution >= 0.6 is 11.8 Å². The Morgan fingerprint density at radius 2 is 1.50 bits per heavy atom. The second kappa shape index (κ2) is 12.4. The van der Waals surface area contributed by atoms with Crippen LogP contribution in [0.15, 0.2) is 124 Å². The molecule has 0 bridgehead atoms. The van der Waals surface area contributed by atoms with Gasteiger partial charge in [0.05, 0.1) is 43.6 Å². The van der Waals surface area contributed by atoms with E-state index in [0.29, 0.717) is 18.0 Å². The summed E-state index contributed by atoms with van der Waals surface area (Å²) < 4.78 is 47.5. The molecule has 1 aliphatic heterocycles. The molecule has 0 saturated heterocycles. The lowest BCUT2D eigenvalue weighted by Gasteiger charge is -2.20. The maximum atomic E-state index is 11.6. The van der Waals surface area contributed by atoms with Gasteiger partial charge in [-0.1, -0.05) is 61.5 Å². The third-order valence-electron chi connectivity index (χ3n) is 8.94. The quantitative estimate of drug-likeness (QED) is 0.107. The van der Waals surface area contributed by atoms with Crippen molar-refractivity contribution in [1.29, 1.82) is 0 Å². The summed E-state index contributed by atoms with van der Waals surface area (Å²) in [7, 11) is -4.35. The average molecular weight is 675 g/mol. The van der Waals surface area contributed by atoms with E-state index in [1.807, 2.05) is 35.0 Å². The number of para-hydroxylation sites is 2. The number of rotatable bonds is 10. The van der Waals surface area contributed by atoms with Gasteiger partial charge in [-0.15, -0.1) is 0 Å². The van der Waals surface area contributed by atoms with E-state index < -0.39 is 15.9 Å². The van der Waals surface area contributed by atoms with E-state index in [0.717, 1.165) is 63.4 Å². The molecular formula is C38H34N4O4S2. The van der Waals surface area contributed by atoms with Crippen LogP contribution in [0.1, 0.15) is 32.1 Å². The molecule has 0 atom stereocenters. The molecule has 0 N–H and O–H groups in total. The first-order chi connectivity index (χ1) is 23.4. The van der Waals surface area contributed by atoms with E-state index in [1.165, 1.54) is 10.3 Å². The van der Waals surface area contributed by atoms with Gasteiger partial charge in [0, 0.05) is 47.8 Å². The molecule has 3 aromatic heterocycles. The van der Waals surface area contributed by atoms with E-state index in [9.17, 15) is 13.0 Å². The maximum Gasteiger partial charge on any atom is 0.376 e. The highest BCUT2D eigenvalue weighted by Crippen LogP contribution is 2.48. The van der Waals surface area contributed by atoms with E-state index >= 15 is 0 Å². The summed E-state index contributed by atoms with van der Waals surface area (Å²) in [6, 6.07) is 33.5. The number of oxazole rings is 1. The van der Waals surface area contributed by atoms with Crippen LogP contribution in [0.4, 0.5) is 5.69 Å². The fourth-order valence-corrected chi connectivity index (χ4v) is 8.17. The monoisotopic (exact) mass is 674 g/mol. The normalized spacial score (nSPS) is 14.2. The number of hydrogen-bond donors (Lipinski definition) is 0. The van der Waals surface area contributed by atoms with Crippen molar-refractivity contribution in [2.75, 3.05) is 17.2 Å². The van der Waals surface area contributed by atoms with E-state index in [-0.39, 0.29) is 6.42 Å². The van der Waals surface area contributed by atoms with Gasteiger partial charge in [-0.2, -0.15) is 4.57 Å². The molecule has 0 saturated carbocycles. The maximum absolute atomic E-state index is 11.6. The van der Waals surface area contributed by atoms with Gasteiger partial charge < -0.3 is 23.0 Å². The lowest BCUT2D eigenvalue weighted by Crippen LogP contribution is -2.36. The Morgan fingerprint density at radius 3 is 2.19 bits per heavy atom. The minimum atomic E-state index is -4.35. The highest BCUT2D eigenvalue weighted by atomic mass is 32.2. The van der Waals surface area contributed by atoms with Crippen LogP contribution in [0.5, 0.6) is 0 Å². The number of nitrogens with zero attached hydrogens (tertiary/aromatic N) is 4. The summed E-state index contributed by atoms with van der Waals surface area (Å²) in [4.78, 5) is 3.52. The number of unbranched alkanes of at least 4 members (excludes halogenated alkanes) is 1. The van der Waals surface area contributed by atoms with Crippen molar-refractivity contribution in [2.45, 2.75) is 37.6 Å². The molecule has 7 aromatic rings. The topological polar surface area (TPSA) is 87.3 Å². The molecule has 0 aliphatic carbocycles. The summed E-state index contributed by atoms with van der Waals surface area (Å²) in [5, 5.41) is 3.37. The SMILES string of the molecule is CCCCN1/C(=C/c2oc3ccc(-n4ccc5ccccc54)cc3[n+]2CCCS(=O)(=O)[O-])Sc2ccc(-n3ccc4ccccc43)cc21. The number of benzene rings is 4. The minimum absolute atomic E-state index is 0.180. The van der Waals surface area contributed by atoms with Gasteiger partial charge in [0.25, 0.3) is 5.52 Å². The molecule has 0 radical (unpaired) electrons. The fourth-order valence-electron chi connectivity index (χ4n) is 6.59. The van der Waals surface area contributed by atoms with Crippen LogP contribution in [0.2, 0.25) is 0 Å². The van der Waals surface area contributed by atoms with Crippen molar-refractivity contribution in [3.05, 3.63) is 120 Å². The van der Waals surface area contributed by atoms with Crippen LogP contribution in [0.25, 0.3) is 50.4 Å².